The van der Waals surface area contributed by atoms with Crippen molar-refractivity contribution >= 4 is 5.92 Å². The van der Waals surface area contributed by atoms with Gasteiger partial charge in [-0.3, -0.25) is 0 Å². The van der Waals surface area contributed by atoms with E-state index in [4.69, 9.17) is 0 Å². The maximum Gasteiger partial charge on any atom is -1.00 e. The van der Waals surface area contributed by atoms with Gasteiger partial charge in [-0.2, -0.15) is 0 Å². The van der Waals surface area contributed by atoms with Gasteiger partial charge in [-0.05, 0) is 0 Å². The molecule has 2 aliphatic carbocycles. The maximum absolute atomic E-state index is 2.63. The van der Waals surface area contributed by atoms with Gasteiger partial charge in [0.2, 0.25) is 0 Å². The monoisotopic (exact) mass is 561 g/mol. The molecule has 4 rings (SSSR count). The first-order valence-electron chi connectivity index (χ1n) is 11.5. The molecule has 1 atom stereocenters. The van der Waals surface area contributed by atoms with E-state index in [2.05, 4.69) is 109 Å². The summed E-state index contributed by atoms with van der Waals surface area (Å²) in [5.74, 6) is -0.742. The average Bonchev–Trinajstić information content (AvgIpc) is 3.27. The Morgan fingerprint density at radius 3 is 2.09 bits per heavy atom. The summed E-state index contributed by atoms with van der Waals surface area (Å²) >= 11 is -1.85. The second kappa shape index (κ2) is 10.1. The topological polar surface area (TPSA) is 0 Å². The zero-order chi connectivity index (χ0) is 21.8. The molecule has 4 heteroatoms. The van der Waals surface area contributed by atoms with Crippen molar-refractivity contribution in [3.05, 3.63) is 80.2 Å². The molecule has 0 spiro atoms. The van der Waals surface area contributed by atoms with Crippen LogP contribution in [-0.2, 0) is 31.7 Å². The summed E-state index contributed by atoms with van der Waals surface area (Å²) in [5, 5.41) is 0. The standard InChI is InChI=1S/C21H25.C5H5.C2H7Si.2ClH.Zr/c1-20(2,3)15-11-10-14-12-18-16(17(14)13-15)8-7-9-19(18)21(4,5)6;1-2-4-5-3-1;1-3-2;;;/h7-13H,1-6H3;1-3H,4H2;3H,1-2H3;2*1H;/q;;;;;+2/p-2. The van der Waals surface area contributed by atoms with Gasteiger partial charge in [-0.1, -0.05) is 0 Å². The van der Waals surface area contributed by atoms with Crippen molar-refractivity contribution in [2.45, 2.75) is 75.5 Å². The van der Waals surface area contributed by atoms with Crippen molar-refractivity contribution < 1.29 is 45.7 Å². The van der Waals surface area contributed by atoms with Crippen molar-refractivity contribution in [1.82, 2.24) is 0 Å². The van der Waals surface area contributed by atoms with Gasteiger partial charge in [0, 0.05) is 0 Å². The van der Waals surface area contributed by atoms with Gasteiger partial charge in [-0.15, -0.1) is 0 Å². The fourth-order valence-corrected chi connectivity index (χ4v) is 25.9. The molecule has 0 amide bonds. The first kappa shape index (κ1) is 27.8. The van der Waals surface area contributed by atoms with Gasteiger partial charge in [0.25, 0.3) is 0 Å². The third-order valence-electron chi connectivity index (χ3n) is 6.80. The van der Waals surface area contributed by atoms with Crippen molar-refractivity contribution in [2.24, 2.45) is 0 Å². The molecule has 0 saturated heterocycles. The molecule has 0 bridgehead atoms. The Bertz CT molecular complexity index is 1040. The van der Waals surface area contributed by atoms with E-state index in [9.17, 15) is 0 Å². The van der Waals surface area contributed by atoms with Crippen LogP contribution in [0, 0.1) is 0 Å². The van der Waals surface area contributed by atoms with Crippen LogP contribution in [-0.4, -0.2) is 5.92 Å². The van der Waals surface area contributed by atoms with Crippen LogP contribution < -0.4 is 24.8 Å². The summed E-state index contributed by atoms with van der Waals surface area (Å²) in [5.41, 5.74) is 9.82. The predicted octanol–water partition coefficient (Wildman–Crippen LogP) is 1.80. The predicted molar refractivity (Wildman–Crippen MR) is 132 cm³/mol. The summed E-state index contributed by atoms with van der Waals surface area (Å²) in [6.07, 6.45) is 8.44. The number of hydrogen-bond donors (Lipinski definition) is 0. The molecule has 0 aliphatic heterocycles. The molecule has 0 saturated carbocycles. The second-order valence-corrected chi connectivity index (χ2v) is 31.2. The quantitative estimate of drug-likeness (QED) is 0.500. The van der Waals surface area contributed by atoms with Crippen LogP contribution in [0.3, 0.4) is 0 Å². The smallest absolute Gasteiger partial charge is 1.00 e. The van der Waals surface area contributed by atoms with E-state index in [1.54, 1.807) is 16.7 Å². The summed E-state index contributed by atoms with van der Waals surface area (Å²) in [4.78, 5) is 0. The van der Waals surface area contributed by atoms with Crippen LogP contribution >= 0.6 is 0 Å². The molecule has 0 heterocycles. The van der Waals surface area contributed by atoms with Crippen LogP contribution in [0.4, 0.5) is 0 Å². The van der Waals surface area contributed by atoms with E-state index in [0.717, 1.165) is 0 Å². The number of halogens is 2. The van der Waals surface area contributed by atoms with Gasteiger partial charge >= 0.3 is 194 Å². The van der Waals surface area contributed by atoms with E-state index in [1.165, 1.54) is 23.1 Å². The largest absolute Gasteiger partial charge is 1.00 e. The Morgan fingerprint density at radius 2 is 1.56 bits per heavy atom. The van der Waals surface area contributed by atoms with Crippen LogP contribution in [0.1, 0.15) is 73.8 Å². The molecular formula is C28H37Cl2SiZr. The maximum atomic E-state index is 2.63. The molecule has 2 aromatic rings. The molecule has 0 nitrogen and oxygen atoms in total. The molecule has 1 unspecified atom stereocenters. The summed E-state index contributed by atoms with van der Waals surface area (Å²) in [6.45, 7) is 19.5. The van der Waals surface area contributed by atoms with E-state index < -0.39 is 26.8 Å². The summed E-state index contributed by atoms with van der Waals surface area (Å²) in [6, 6.07) is 14.6. The van der Waals surface area contributed by atoms with E-state index in [1.807, 2.05) is 3.28 Å². The molecule has 0 N–H and O–H groups in total. The zero-order valence-corrected chi connectivity index (χ0v) is 25.9. The van der Waals surface area contributed by atoms with Gasteiger partial charge in [0.15, 0.2) is 0 Å². The second-order valence-electron chi connectivity index (χ2n) is 11.4. The normalized spacial score (nSPS) is 16.8. The Morgan fingerprint density at radius 1 is 0.875 bits per heavy atom. The molecule has 0 fully saturated rings. The van der Waals surface area contributed by atoms with Crippen LogP contribution in [0.2, 0.25) is 13.1 Å². The summed E-state index contributed by atoms with van der Waals surface area (Å²) in [7, 11) is 0. The third kappa shape index (κ3) is 5.00. The molecule has 2 aliphatic rings. The Hall–Kier alpha value is -0.400. The van der Waals surface area contributed by atoms with Crippen molar-refractivity contribution in [3.8, 4) is 11.1 Å². The number of fused-ring (bicyclic) bond motifs is 3. The third-order valence-corrected chi connectivity index (χ3v) is 27.1. The number of rotatable bonds is 3. The van der Waals surface area contributed by atoms with Gasteiger partial charge in [0.05, 0.1) is 0 Å². The minimum atomic E-state index is -1.85. The molecule has 32 heavy (non-hydrogen) atoms. The number of allylic oxidation sites excluding steroid dienone is 4. The fraction of sp³-hybridized carbons (Fsp3) is 0.429. The molecule has 2 aromatic carbocycles. The van der Waals surface area contributed by atoms with E-state index in [-0.39, 0.29) is 35.6 Å². The van der Waals surface area contributed by atoms with Crippen LogP contribution in [0.5, 0.6) is 0 Å². The first-order chi connectivity index (χ1) is 14.0. The average molecular weight is 564 g/mol. The number of hydrogen-bond acceptors (Lipinski definition) is 0. The Kier molecular flexibility index (Phi) is 8.76. The minimum Gasteiger partial charge on any atom is -1.00 e. The molecule has 0 radical (unpaired) electrons. The van der Waals surface area contributed by atoms with Crippen LogP contribution in [0.15, 0.2) is 57.9 Å². The Balaban J connectivity index is 0.00000181. The molecular weight excluding hydrogens is 527 g/mol. The minimum absolute atomic E-state index is 0. The number of benzene rings is 2. The van der Waals surface area contributed by atoms with Gasteiger partial charge in [0.1, 0.15) is 0 Å². The van der Waals surface area contributed by atoms with Crippen molar-refractivity contribution in [2.75, 3.05) is 0 Å². The first-order valence-corrected chi connectivity index (χ1v) is 21.3. The molecule has 171 valence electrons. The summed E-state index contributed by atoms with van der Waals surface area (Å²) < 4.78 is 2.55. The van der Waals surface area contributed by atoms with Crippen molar-refractivity contribution in [1.29, 1.82) is 0 Å². The SMILES string of the molecule is C[SiH](C)[Zr+2]([C]1=CC=CC1)[CH]1c2ccc(C(C)(C)C)cc2-c2cccc(C(C)(C)C)c21.[Cl-].[Cl-]. The van der Waals surface area contributed by atoms with Crippen LogP contribution in [0.25, 0.3) is 11.1 Å². The van der Waals surface area contributed by atoms with Gasteiger partial charge < -0.3 is 24.8 Å². The Labute approximate surface area is 217 Å². The fourth-order valence-electron chi connectivity index (χ4n) is 5.30. The van der Waals surface area contributed by atoms with Crippen molar-refractivity contribution in [3.63, 3.8) is 0 Å². The van der Waals surface area contributed by atoms with E-state index >= 15 is 0 Å². The van der Waals surface area contributed by atoms with Gasteiger partial charge in [-0.25, -0.2) is 0 Å². The van der Waals surface area contributed by atoms with E-state index in [0.29, 0.717) is 3.63 Å². The zero-order valence-electron chi connectivity index (χ0n) is 20.8. The molecule has 0 aromatic heterocycles.